The first-order chi connectivity index (χ1) is 10.5. The zero-order valence-corrected chi connectivity index (χ0v) is 13.7. The van der Waals surface area contributed by atoms with Crippen LogP contribution in [0.4, 0.5) is 5.69 Å². The Morgan fingerprint density at radius 2 is 1.91 bits per heavy atom. The number of aromatic nitrogens is 1. The molecule has 0 amide bonds. The topological polar surface area (TPSA) is 72.2 Å². The van der Waals surface area contributed by atoms with Gasteiger partial charge >= 0.3 is 0 Å². The van der Waals surface area contributed by atoms with Crippen LogP contribution in [0.5, 0.6) is 0 Å². The van der Waals surface area contributed by atoms with Gasteiger partial charge in [0.25, 0.3) is 10.0 Å². The van der Waals surface area contributed by atoms with Crippen molar-refractivity contribution in [2.24, 2.45) is 0 Å². The van der Waals surface area contributed by atoms with Crippen molar-refractivity contribution in [2.75, 3.05) is 4.72 Å². The third-order valence-electron chi connectivity index (χ3n) is 3.10. The number of nitrogens with one attached hydrogen (secondary N) is 1. The van der Waals surface area contributed by atoms with Crippen molar-refractivity contribution < 1.29 is 12.8 Å². The van der Waals surface area contributed by atoms with E-state index in [4.69, 9.17) is 4.42 Å². The van der Waals surface area contributed by atoms with Gasteiger partial charge < -0.3 is 4.42 Å². The molecule has 3 aromatic rings. The molecule has 2 heterocycles. The van der Waals surface area contributed by atoms with Crippen molar-refractivity contribution in [3.63, 3.8) is 0 Å². The van der Waals surface area contributed by atoms with Crippen LogP contribution in [0, 0.1) is 13.8 Å². The summed E-state index contributed by atoms with van der Waals surface area (Å²) < 4.78 is 33.2. The summed E-state index contributed by atoms with van der Waals surface area (Å²) in [6.07, 6.45) is 1.59. The van der Waals surface area contributed by atoms with Crippen molar-refractivity contribution in [1.82, 2.24) is 4.98 Å². The smallest absolute Gasteiger partial charge is 0.271 e. The number of anilines is 1. The molecule has 0 bridgehead atoms. The number of benzene rings is 1. The molecule has 0 spiro atoms. The molecular weight excluding hydrogens is 320 g/mol. The van der Waals surface area contributed by atoms with E-state index in [0.717, 1.165) is 21.8 Å². The number of thiophene rings is 1. The van der Waals surface area contributed by atoms with Gasteiger partial charge in [0.1, 0.15) is 4.21 Å². The maximum atomic E-state index is 12.5. The Bertz CT molecular complexity index is 910. The summed E-state index contributed by atoms with van der Waals surface area (Å²) in [5.41, 5.74) is 1.45. The average molecular weight is 334 g/mol. The Kier molecular flexibility index (Phi) is 3.76. The zero-order chi connectivity index (χ0) is 15.7. The molecule has 0 unspecified atom stereocenters. The van der Waals surface area contributed by atoms with Crippen LogP contribution in [0.15, 0.2) is 51.2 Å². The molecule has 114 valence electrons. The molecule has 5 nitrogen and oxygen atoms in total. The lowest BCUT2D eigenvalue weighted by Gasteiger charge is -2.08. The van der Waals surface area contributed by atoms with Crippen molar-refractivity contribution in [3.8, 4) is 10.6 Å². The molecule has 0 aliphatic carbocycles. The van der Waals surface area contributed by atoms with Crippen LogP contribution in [0.3, 0.4) is 0 Å². The summed E-state index contributed by atoms with van der Waals surface area (Å²) in [5, 5.41) is 0. The Hall–Kier alpha value is -2.12. The van der Waals surface area contributed by atoms with E-state index in [2.05, 4.69) is 9.71 Å². The normalized spacial score (nSPS) is 11.5. The third kappa shape index (κ3) is 2.90. The second-order valence-electron chi connectivity index (χ2n) is 4.78. The van der Waals surface area contributed by atoms with Crippen molar-refractivity contribution in [1.29, 1.82) is 0 Å². The third-order valence-corrected chi connectivity index (χ3v) is 6.06. The molecule has 0 saturated heterocycles. The highest BCUT2D eigenvalue weighted by Crippen LogP contribution is 2.32. The van der Waals surface area contributed by atoms with E-state index in [1.807, 2.05) is 19.1 Å². The first-order valence-electron chi connectivity index (χ1n) is 6.57. The van der Waals surface area contributed by atoms with Gasteiger partial charge in [-0.3, -0.25) is 4.72 Å². The first kappa shape index (κ1) is 14.8. The van der Waals surface area contributed by atoms with Gasteiger partial charge in [0.2, 0.25) is 0 Å². The quantitative estimate of drug-likeness (QED) is 0.787. The van der Waals surface area contributed by atoms with E-state index >= 15 is 0 Å². The molecule has 0 fully saturated rings. The minimum absolute atomic E-state index is 0.236. The minimum atomic E-state index is -3.61. The number of rotatable bonds is 4. The van der Waals surface area contributed by atoms with Crippen molar-refractivity contribution >= 4 is 27.0 Å². The monoisotopic (exact) mass is 334 g/mol. The molecule has 3 rings (SSSR count). The summed E-state index contributed by atoms with van der Waals surface area (Å²) in [5.74, 6) is 1.12. The second-order valence-corrected chi connectivity index (χ2v) is 7.78. The van der Waals surface area contributed by atoms with Crippen molar-refractivity contribution in [3.05, 3.63) is 54.0 Å². The van der Waals surface area contributed by atoms with Gasteiger partial charge in [0, 0.05) is 6.92 Å². The van der Waals surface area contributed by atoms with Crippen LogP contribution < -0.4 is 4.72 Å². The van der Waals surface area contributed by atoms with Gasteiger partial charge in [-0.2, -0.15) is 0 Å². The van der Waals surface area contributed by atoms with Crippen LogP contribution in [-0.2, 0) is 10.0 Å². The predicted octanol–water partition coefficient (Wildman–Crippen LogP) is 3.82. The Morgan fingerprint density at radius 1 is 1.14 bits per heavy atom. The number of para-hydroxylation sites is 1. The van der Waals surface area contributed by atoms with Crippen LogP contribution in [0.2, 0.25) is 0 Å². The lowest BCUT2D eigenvalue weighted by atomic mass is 10.2. The number of sulfonamides is 1. The molecule has 0 radical (unpaired) electrons. The fraction of sp³-hybridized carbons (Fsp3) is 0.133. The molecule has 0 aliphatic rings. The maximum Gasteiger partial charge on any atom is 0.271 e. The summed E-state index contributed by atoms with van der Waals surface area (Å²) >= 11 is 1.15. The predicted molar refractivity (Wildman–Crippen MR) is 86.5 cm³/mol. The summed E-state index contributed by atoms with van der Waals surface area (Å²) in [6, 6.07) is 10.5. The molecular formula is C15H14N2O3S2. The van der Waals surface area contributed by atoms with Crippen molar-refractivity contribution in [2.45, 2.75) is 18.1 Å². The van der Waals surface area contributed by atoms with E-state index in [1.165, 1.54) is 0 Å². The van der Waals surface area contributed by atoms with E-state index in [1.54, 1.807) is 37.4 Å². The molecule has 1 aromatic carbocycles. The molecule has 0 atom stereocenters. The SMILES string of the molecule is Cc1ncc(-c2ccc(S(=O)(=O)Nc3ccccc3C)s2)o1. The van der Waals surface area contributed by atoms with Gasteiger partial charge in [-0.05, 0) is 30.7 Å². The number of aryl methyl sites for hydroxylation is 2. The first-order valence-corrected chi connectivity index (χ1v) is 8.87. The highest BCUT2D eigenvalue weighted by Gasteiger charge is 2.19. The van der Waals surface area contributed by atoms with Gasteiger partial charge in [-0.25, -0.2) is 13.4 Å². The molecule has 1 N–H and O–H groups in total. The second kappa shape index (κ2) is 5.58. The lowest BCUT2D eigenvalue weighted by Crippen LogP contribution is -2.12. The summed E-state index contributed by atoms with van der Waals surface area (Å²) in [4.78, 5) is 4.75. The number of hydrogen-bond donors (Lipinski definition) is 1. The van der Waals surface area contributed by atoms with E-state index in [0.29, 0.717) is 17.3 Å². The molecule has 7 heteroatoms. The number of hydrogen-bond acceptors (Lipinski definition) is 5. The highest BCUT2D eigenvalue weighted by atomic mass is 32.2. The van der Waals surface area contributed by atoms with Gasteiger partial charge in [-0.1, -0.05) is 18.2 Å². The summed E-state index contributed by atoms with van der Waals surface area (Å²) in [6.45, 7) is 3.60. The molecule has 22 heavy (non-hydrogen) atoms. The van der Waals surface area contributed by atoms with Gasteiger partial charge in [-0.15, -0.1) is 11.3 Å². The Morgan fingerprint density at radius 3 is 2.59 bits per heavy atom. The maximum absolute atomic E-state index is 12.5. The van der Waals surface area contributed by atoms with Crippen LogP contribution in [-0.4, -0.2) is 13.4 Å². The van der Waals surface area contributed by atoms with Gasteiger partial charge in [0.15, 0.2) is 11.7 Å². The lowest BCUT2D eigenvalue weighted by molar-refractivity contribution is 0.535. The van der Waals surface area contributed by atoms with Crippen LogP contribution in [0.25, 0.3) is 10.6 Å². The van der Waals surface area contributed by atoms with Crippen LogP contribution >= 0.6 is 11.3 Å². The van der Waals surface area contributed by atoms with E-state index in [9.17, 15) is 8.42 Å². The fourth-order valence-electron chi connectivity index (χ4n) is 1.95. The fourth-order valence-corrected chi connectivity index (χ4v) is 4.34. The average Bonchev–Trinajstić information content (AvgIpc) is 3.10. The largest absolute Gasteiger partial charge is 0.440 e. The van der Waals surface area contributed by atoms with E-state index < -0.39 is 10.0 Å². The Labute approximate surface area is 132 Å². The Balaban J connectivity index is 1.90. The number of oxazole rings is 1. The van der Waals surface area contributed by atoms with Crippen LogP contribution in [0.1, 0.15) is 11.5 Å². The minimum Gasteiger partial charge on any atom is -0.440 e. The molecule has 0 aliphatic heterocycles. The summed E-state index contributed by atoms with van der Waals surface area (Å²) in [7, 11) is -3.61. The molecule has 2 aromatic heterocycles. The van der Waals surface area contributed by atoms with Gasteiger partial charge in [0.05, 0.1) is 16.8 Å². The highest BCUT2D eigenvalue weighted by molar-refractivity contribution is 7.94. The zero-order valence-electron chi connectivity index (χ0n) is 12.0. The van der Waals surface area contributed by atoms with E-state index in [-0.39, 0.29) is 4.21 Å². The number of nitrogens with zero attached hydrogens (tertiary/aromatic N) is 1. The standard InChI is InChI=1S/C15H14N2O3S2/c1-10-5-3-4-6-12(10)17-22(18,19)15-8-7-14(21-15)13-9-16-11(2)20-13/h3-9,17H,1-2H3. The molecule has 0 saturated carbocycles.